The van der Waals surface area contributed by atoms with Gasteiger partial charge in [0.05, 0.1) is 7.11 Å². The van der Waals surface area contributed by atoms with Gasteiger partial charge in [-0.1, -0.05) is 53.4 Å². The Morgan fingerprint density at radius 1 is 0.958 bits per heavy atom. The third kappa shape index (κ3) is 8.89. The summed E-state index contributed by atoms with van der Waals surface area (Å²) in [6, 6.07) is -1.31. The third-order valence-corrected chi connectivity index (χ3v) is 3.92. The first-order chi connectivity index (χ1) is 11.4. The van der Waals surface area contributed by atoms with E-state index in [4.69, 9.17) is 4.74 Å². The summed E-state index contributed by atoms with van der Waals surface area (Å²) in [6.07, 6.45) is 5.54. The zero-order valence-corrected chi connectivity index (χ0v) is 15.8. The Kier molecular flexibility index (Phi) is 11.9. The van der Waals surface area contributed by atoms with Gasteiger partial charge < -0.3 is 15.4 Å². The molecule has 6 nitrogen and oxygen atoms in total. The van der Waals surface area contributed by atoms with Crippen molar-refractivity contribution in [3.05, 3.63) is 0 Å². The lowest BCUT2D eigenvalue weighted by molar-refractivity contribution is -0.145. The quantitative estimate of drug-likeness (QED) is 0.422. The molecule has 2 atom stereocenters. The van der Waals surface area contributed by atoms with Gasteiger partial charge in [-0.2, -0.15) is 0 Å². The van der Waals surface area contributed by atoms with Crippen LogP contribution in [0.4, 0.5) is 0 Å². The molecule has 0 aliphatic rings. The molecule has 0 aromatic heterocycles. The number of hydrogen-bond acceptors (Lipinski definition) is 4. The number of amides is 2. The van der Waals surface area contributed by atoms with Gasteiger partial charge in [-0.15, -0.1) is 0 Å². The molecule has 140 valence electrons. The van der Waals surface area contributed by atoms with Crippen LogP contribution in [0.15, 0.2) is 0 Å². The number of hydrogen-bond donors (Lipinski definition) is 2. The van der Waals surface area contributed by atoms with Crippen LogP contribution in [0.3, 0.4) is 0 Å². The summed E-state index contributed by atoms with van der Waals surface area (Å²) in [7, 11) is 1.31. The van der Waals surface area contributed by atoms with E-state index in [2.05, 4.69) is 17.6 Å². The lowest BCUT2D eigenvalue weighted by atomic mass is 10.0. The molecule has 0 saturated heterocycles. The molecule has 0 heterocycles. The van der Waals surface area contributed by atoms with Gasteiger partial charge in [0.15, 0.2) is 0 Å². The Labute approximate surface area is 146 Å². The average Bonchev–Trinajstić information content (AvgIpc) is 2.55. The molecule has 2 amide bonds. The first-order valence-corrected chi connectivity index (χ1v) is 9.04. The molecule has 0 radical (unpaired) electrons. The summed E-state index contributed by atoms with van der Waals surface area (Å²) in [5.41, 5.74) is 0. The van der Waals surface area contributed by atoms with Gasteiger partial charge in [-0.3, -0.25) is 9.59 Å². The van der Waals surface area contributed by atoms with E-state index in [0.717, 1.165) is 32.1 Å². The first kappa shape index (κ1) is 22.4. The highest BCUT2D eigenvalue weighted by Crippen LogP contribution is 2.08. The molecule has 0 unspecified atom stereocenters. The summed E-state index contributed by atoms with van der Waals surface area (Å²) < 4.78 is 4.76. The Morgan fingerprint density at radius 3 is 2.08 bits per heavy atom. The standard InChI is InChI=1S/C18H34N2O4/c1-6-8-10-12-15(21)20-16(13(3)4)17(22)19-14(11-9-7-2)18(23)24-5/h13-14,16H,6-12H2,1-5H3,(H,19,22)(H,20,21)/t14-,16-/m0/s1. The fourth-order valence-electron chi connectivity index (χ4n) is 2.38. The van der Waals surface area contributed by atoms with Crippen LogP contribution in [-0.2, 0) is 19.1 Å². The largest absolute Gasteiger partial charge is 0.467 e. The molecule has 0 aliphatic heterocycles. The van der Waals surface area contributed by atoms with Crippen LogP contribution in [-0.4, -0.2) is 37.0 Å². The van der Waals surface area contributed by atoms with Crippen molar-refractivity contribution in [2.75, 3.05) is 7.11 Å². The minimum absolute atomic E-state index is 0.0652. The molecule has 0 fully saturated rings. The van der Waals surface area contributed by atoms with Crippen LogP contribution in [0, 0.1) is 5.92 Å². The van der Waals surface area contributed by atoms with Gasteiger partial charge in [-0.05, 0) is 18.8 Å². The number of carbonyl (C=O) groups is 3. The Bertz CT molecular complexity index is 396. The lowest BCUT2D eigenvalue weighted by Crippen LogP contribution is -2.53. The van der Waals surface area contributed by atoms with Gasteiger partial charge in [0, 0.05) is 6.42 Å². The highest BCUT2D eigenvalue weighted by Gasteiger charge is 2.28. The number of esters is 1. The van der Waals surface area contributed by atoms with Gasteiger partial charge >= 0.3 is 5.97 Å². The van der Waals surface area contributed by atoms with E-state index < -0.39 is 18.1 Å². The van der Waals surface area contributed by atoms with Gasteiger partial charge in [0.1, 0.15) is 12.1 Å². The van der Waals surface area contributed by atoms with E-state index >= 15 is 0 Å². The average molecular weight is 342 g/mol. The first-order valence-electron chi connectivity index (χ1n) is 9.04. The van der Waals surface area contributed by atoms with Crippen molar-refractivity contribution in [3.8, 4) is 0 Å². The monoisotopic (exact) mass is 342 g/mol. The molecular formula is C18H34N2O4. The van der Waals surface area contributed by atoms with Gasteiger partial charge in [0.2, 0.25) is 11.8 Å². The second kappa shape index (κ2) is 12.8. The van der Waals surface area contributed by atoms with Crippen LogP contribution < -0.4 is 10.6 Å². The number of methoxy groups -OCH3 is 1. The van der Waals surface area contributed by atoms with Crippen LogP contribution in [0.2, 0.25) is 0 Å². The Morgan fingerprint density at radius 2 is 1.58 bits per heavy atom. The van der Waals surface area contributed by atoms with E-state index in [1.807, 2.05) is 20.8 Å². The van der Waals surface area contributed by atoms with Crippen molar-refractivity contribution >= 4 is 17.8 Å². The van der Waals surface area contributed by atoms with Crippen molar-refractivity contribution in [2.45, 2.75) is 84.7 Å². The molecule has 0 rings (SSSR count). The number of rotatable bonds is 12. The third-order valence-electron chi connectivity index (χ3n) is 3.92. The van der Waals surface area contributed by atoms with E-state index in [1.54, 1.807) is 0 Å². The number of unbranched alkanes of at least 4 members (excludes halogenated alkanes) is 3. The molecule has 6 heteroatoms. The second-order valence-electron chi connectivity index (χ2n) is 6.47. The topological polar surface area (TPSA) is 84.5 Å². The van der Waals surface area contributed by atoms with Gasteiger partial charge in [0.25, 0.3) is 0 Å². The summed E-state index contributed by atoms with van der Waals surface area (Å²) in [5.74, 6) is -0.973. The SMILES string of the molecule is CCCCCC(=O)N[C@H](C(=O)N[C@@H](CCCC)C(=O)OC)C(C)C. The molecule has 0 bridgehead atoms. The van der Waals surface area contributed by atoms with Crippen molar-refractivity contribution in [1.82, 2.24) is 10.6 Å². The van der Waals surface area contributed by atoms with E-state index in [9.17, 15) is 14.4 Å². The van der Waals surface area contributed by atoms with E-state index in [1.165, 1.54) is 7.11 Å². The predicted molar refractivity (Wildman–Crippen MR) is 94.4 cm³/mol. The van der Waals surface area contributed by atoms with Crippen LogP contribution in [0.25, 0.3) is 0 Å². The Balaban J connectivity index is 4.75. The molecule has 0 aromatic rings. The van der Waals surface area contributed by atoms with Crippen molar-refractivity contribution < 1.29 is 19.1 Å². The smallest absolute Gasteiger partial charge is 0.328 e. The molecule has 0 saturated carbocycles. The van der Waals surface area contributed by atoms with Crippen LogP contribution >= 0.6 is 0 Å². The Hall–Kier alpha value is -1.59. The highest BCUT2D eigenvalue weighted by molar-refractivity contribution is 5.90. The summed E-state index contributed by atoms with van der Waals surface area (Å²) in [4.78, 5) is 36.3. The minimum Gasteiger partial charge on any atom is -0.467 e. The summed E-state index contributed by atoms with van der Waals surface area (Å²) in [5, 5.41) is 5.52. The zero-order valence-electron chi connectivity index (χ0n) is 15.8. The molecular weight excluding hydrogens is 308 g/mol. The van der Waals surface area contributed by atoms with Crippen molar-refractivity contribution in [3.63, 3.8) is 0 Å². The van der Waals surface area contributed by atoms with E-state index in [0.29, 0.717) is 12.8 Å². The fourth-order valence-corrected chi connectivity index (χ4v) is 2.38. The molecule has 0 aromatic carbocycles. The second-order valence-corrected chi connectivity index (χ2v) is 6.47. The summed E-state index contributed by atoms with van der Waals surface area (Å²) in [6.45, 7) is 7.83. The predicted octanol–water partition coefficient (Wildman–Crippen LogP) is 2.56. The van der Waals surface area contributed by atoms with Crippen molar-refractivity contribution in [1.29, 1.82) is 0 Å². The van der Waals surface area contributed by atoms with Gasteiger partial charge in [-0.25, -0.2) is 4.79 Å². The minimum atomic E-state index is -0.666. The van der Waals surface area contributed by atoms with Crippen LogP contribution in [0.5, 0.6) is 0 Å². The summed E-state index contributed by atoms with van der Waals surface area (Å²) >= 11 is 0. The maximum atomic E-state index is 12.5. The maximum Gasteiger partial charge on any atom is 0.328 e. The van der Waals surface area contributed by atoms with E-state index in [-0.39, 0.29) is 17.7 Å². The molecule has 2 N–H and O–H groups in total. The number of nitrogens with one attached hydrogen (secondary N) is 2. The van der Waals surface area contributed by atoms with Crippen molar-refractivity contribution in [2.24, 2.45) is 5.92 Å². The highest BCUT2D eigenvalue weighted by atomic mass is 16.5. The number of carbonyl (C=O) groups excluding carboxylic acids is 3. The normalized spacial score (nSPS) is 13.2. The molecule has 0 aliphatic carbocycles. The fraction of sp³-hybridized carbons (Fsp3) is 0.833. The molecule has 0 spiro atoms. The lowest BCUT2D eigenvalue weighted by Gasteiger charge is -2.24. The maximum absolute atomic E-state index is 12.5. The molecule has 24 heavy (non-hydrogen) atoms. The van der Waals surface area contributed by atoms with Crippen LogP contribution in [0.1, 0.15) is 72.6 Å². The zero-order chi connectivity index (χ0) is 18.5. The number of ether oxygens (including phenoxy) is 1.